The van der Waals surface area contributed by atoms with Crippen LogP contribution in [0.1, 0.15) is 13.3 Å². The van der Waals surface area contributed by atoms with E-state index >= 15 is 0 Å². The van der Waals surface area contributed by atoms with Crippen LogP contribution in [0.5, 0.6) is 0 Å². The molecular formula is C19H19FN2OS. The molecule has 2 N–H and O–H groups in total. The molecule has 0 unspecified atom stereocenters. The maximum absolute atomic E-state index is 13.2. The number of hydrogen-bond acceptors (Lipinski definition) is 2. The number of hydrogen-bond donors (Lipinski definition) is 2. The molecule has 3 rings (SSSR count). The molecule has 1 heterocycles. The highest BCUT2D eigenvalue weighted by Gasteiger charge is 2.13. The fraction of sp³-hybridized carbons (Fsp3) is 0.211. The highest BCUT2D eigenvalue weighted by Crippen LogP contribution is 2.37. The Balaban J connectivity index is 1.88. The van der Waals surface area contributed by atoms with Crippen LogP contribution in [0.15, 0.2) is 53.4 Å². The van der Waals surface area contributed by atoms with Gasteiger partial charge >= 0.3 is 0 Å². The number of H-pyrrole nitrogens is 1. The summed E-state index contributed by atoms with van der Waals surface area (Å²) in [4.78, 5) is 15.9. The third-order valence-electron chi connectivity index (χ3n) is 3.78. The molecule has 2 aromatic carbocycles. The first-order chi connectivity index (χ1) is 11.7. The van der Waals surface area contributed by atoms with Gasteiger partial charge in [-0.25, -0.2) is 4.39 Å². The summed E-state index contributed by atoms with van der Waals surface area (Å²) >= 11 is 1.69. The quantitative estimate of drug-likeness (QED) is 0.508. The number of halogens is 1. The van der Waals surface area contributed by atoms with E-state index in [4.69, 9.17) is 0 Å². The van der Waals surface area contributed by atoms with Crippen molar-refractivity contribution in [2.75, 3.05) is 12.3 Å². The van der Waals surface area contributed by atoms with Crippen molar-refractivity contribution in [3.8, 4) is 11.3 Å². The number of fused-ring (bicyclic) bond motifs is 1. The molecule has 124 valence electrons. The SMILES string of the molecule is CCC(=O)NCCSc1c(-c2ccc(F)cc2)[nH]c2ccccc12. The van der Waals surface area contributed by atoms with Gasteiger partial charge in [0, 0.05) is 34.5 Å². The number of aromatic amines is 1. The van der Waals surface area contributed by atoms with E-state index in [-0.39, 0.29) is 11.7 Å². The predicted octanol–water partition coefficient (Wildman–Crippen LogP) is 4.59. The third kappa shape index (κ3) is 3.62. The second-order valence-corrected chi connectivity index (χ2v) is 6.54. The van der Waals surface area contributed by atoms with Crippen LogP contribution in [0.4, 0.5) is 4.39 Å². The number of rotatable bonds is 6. The monoisotopic (exact) mass is 342 g/mol. The minimum atomic E-state index is -0.244. The number of amides is 1. The molecule has 0 atom stereocenters. The van der Waals surface area contributed by atoms with E-state index in [2.05, 4.69) is 16.4 Å². The van der Waals surface area contributed by atoms with Crippen molar-refractivity contribution < 1.29 is 9.18 Å². The van der Waals surface area contributed by atoms with E-state index in [0.29, 0.717) is 13.0 Å². The molecule has 1 amide bonds. The van der Waals surface area contributed by atoms with Crippen LogP contribution in [0, 0.1) is 5.82 Å². The van der Waals surface area contributed by atoms with Gasteiger partial charge in [0.25, 0.3) is 0 Å². The summed E-state index contributed by atoms with van der Waals surface area (Å²) in [6.07, 6.45) is 0.499. The molecular weight excluding hydrogens is 323 g/mol. The molecule has 24 heavy (non-hydrogen) atoms. The summed E-state index contributed by atoms with van der Waals surface area (Å²) in [7, 11) is 0. The standard InChI is InChI=1S/C19H19FN2OS/c1-2-17(23)21-11-12-24-19-15-5-3-4-6-16(15)22-18(19)13-7-9-14(20)10-8-13/h3-10,22H,2,11-12H2,1H3,(H,21,23). The zero-order valence-electron chi connectivity index (χ0n) is 13.4. The second kappa shape index (κ2) is 7.53. The van der Waals surface area contributed by atoms with E-state index < -0.39 is 0 Å². The Morgan fingerprint density at radius 3 is 2.67 bits per heavy atom. The molecule has 3 aromatic rings. The summed E-state index contributed by atoms with van der Waals surface area (Å²) in [5, 5.41) is 4.03. The van der Waals surface area contributed by atoms with Gasteiger partial charge in [0.15, 0.2) is 0 Å². The minimum absolute atomic E-state index is 0.0632. The zero-order chi connectivity index (χ0) is 16.9. The largest absolute Gasteiger partial charge is 0.355 e. The van der Waals surface area contributed by atoms with Gasteiger partial charge < -0.3 is 10.3 Å². The molecule has 0 radical (unpaired) electrons. The first-order valence-electron chi connectivity index (χ1n) is 7.95. The lowest BCUT2D eigenvalue weighted by atomic mass is 10.1. The normalized spacial score (nSPS) is 10.9. The molecule has 5 heteroatoms. The maximum Gasteiger partial charge on any atom is 0.219 e. The predicted molar refractivity (Wildman–Crippen MR) is 97.7 cm³/mol. The topological polar surface area (TPSA) is 44.9 Å². The van der Waals surface area contributed by atoms with Crippen molar-refractivity contribution in [1.82, 2.24) is 10.3 Å². The summed E-state index contributed by atoms with van der Waals surface area (Å²) in [5.41, 5.74) is 2.99. The maximum atomic E-state index is 13.2. The highest BCUT2D eigenvalue weighted by atomic mass is 32.2. The fourth-order valence-electron chi connectivity index (χ4n) is 2.55. The number of benzene rings is 2. The smallest absolute Gasteiger partial charge is 0.219 e. The van der Waals surface area contributed by atoms with Gasteiger partial charge in [0.05, 0.1) is 5.69 Å². The summed E-state index contributed by atoms with van der Waals surface area (Å²) < 4.78 is 13.2. The van der Waals surface area contributed by atoms with Crippen LogP contribution < -0.4 is 5.32 Å². The van der Waals surface area contributed by atoms with Crippen LogP contribution in [0.25, 0.3) is 22.2 Å². The lowest BCUT2D eigenvalue weighted by Gasteiger charge is -2.06. The average molecular weight is 342 g/mol. The molecule has 3 nitrogen and oxygen atoms in total. The lowest BCUT2D eigenvalue weighted by Crippen LogP contribution is -2.24. The van der Waals surface area contributed by atoms with Gasteiger partial charge in [-0.3, -0.25) is 4.79 Å². The van der Waals surface area contributed by atoms with Crippen molar-refractivity contribution in [1.29, 1.82) is 0 Å². The molecule has 1 aromatic heterocycles. The number of para-hydroxylation sites is 1. The van der Waals surface area contributed by atoms with E-state index in [9.17, 15) is 9.18 Å². The summed E-state index contributed by atoms with van der Waals surface area (Å²) in [5.74, 6) is 0.599. The fourth-order valence-corrected chi connectivity index (χ4v) is 3.61. The van der Waals surface area contributed by atoms with E-state index in [0.717, 1.165) is 32.8 Å². The molecule has 0 fully saturated rings. The number of carbonyl (C=O) groups is 1. The van der Waals surface area contributed by atoms with Gasteiger partial charge in [-0.1, -0.05) is 25.1 Å². The van der Waals surface area contributed by atoms with Crippen LogP contribution in [-0.4, -0.2) is 23.2 Å². The van der Waals surface area contributed by atoms with Crippen molar-refractivity contribution in [3.05, 3.63) is 54.3 Å². The molecule has 0 saturated heterocycles. The second-order valence-electron chi connectivity index (χ2n) is 5.43. The Bertz CT molecular complexity index is 842. The van der Waals surface area contributed by atoms with Crippen LogP contribution in [0.3, 0.4) is 0 Å². The molecule has 0 aliphatic rings. The van der Waals surface area contributed by atoms with Gasteiger partial charge in [-0.2, -0.15) is 0 Å². The third-order valence-corrected chi connectivity index (χ3v) is 4.90. The summed E-state index contributed by atoms with van der Waals surface area (Å²) in [6, 6.07) is 14.6. The average Bonchev–Trinajstić information content (AvgIpc) is 2.98. The van der Waals surface area contributed by atoms with Gasteiger partial charge in [0.2, 0.25) is 5.91 Å². The molecule has 0 bridgehead atoms. The Morgan fingerprint density at radius 2 is 1.92 bits per heavy atom. The summed E-state index contributed by atoms with van der Waals surface area (Å²) in [6.45, 7) is 2.47. The number of thioether (sulfide) groups is 1. The van der Waals surface area contributed by atoms with Crippen LogP contribution >= 0.6 is 11.8 Å². The first-order valence-corrected chi connectivity index (χ1v) is 8.93. The minimum Gasteiger partial charge on any atom is -0.355 e. The Kier molecular flexibility index (Phi) is 5.20. The first kappa shape index (κ1) is 16.6. The molecule has 0 saturated carbocycles. The highest BCUT2D eigenvalue weighted by molar-refractivity contribution is 7.99. The Labute approximate surface area is 144 Å². The zero-order valence-corrected chi connectivity index (χ0v) is 14.3. The molecule has 0 aliphatic carbocycles. The van der Waals surface area contributed by atoms with Gasteiger partial charge in [-0.15, -0.1) is 11.8 Å². The lowest BCUT2D eigenvalue weighted by molar-refractivity contribution is -0.120. The molecule has 0 spiro atoms. The number of aromatic nitrogens is 1. The van der Waals surface area contributed by atoms with Crippen molar-refractivity contribution in [2.45, 2.75) is 18.2 Å². The number of carbonyl (C=O) groups excluding carboxylic acids is 1. The number of nitrogens with one attached hydrogen (secondary N) is 2. The van der Waals surface area contributed by atoms with Crippen LogP contribution in [0.2, 0.25) is 0 Å². The molecule has 0 aliphatic heterocycles. The van der Waals surface area contributed by atoms with Crippen molar-refractivity contribution in [3.63, 3.8) is 0 Å². The Hall–Kier alpha value is -2.27. The van der Waals surface area contributed by atoms with Crippen LogP contribution in [-0.2, 0) is 4.79 Å². The van der Waals surface area contributed by atoms with Crippen molar-refractivity contribution >= 4 is 28.6 Å². The van der Waals surface area contributed by atoms with Gasteiger partial charge in [0.1, 0.15) is 5.82 Å². The van der Waals surface area contributed by atoms with E-state index in [1.54, 1.807) is 23.9 Å². The van der Waals surface area contributed by atoms with Crippen molar-refractivity contribution in [2.24, 2.45) is 0 Å². The van der Waals surface area contributed by atoms with E-state index in [1.165, 1.54) is 12.1 Å². The Morgan fingerprint density at radius 1 is 1.17 bits per heavy atom. The van der Waals surface area contributed by atoms with E-state index in [1.807, 2.05) is 25.1 Å². The van der Waals surface area contributed by atoms with Gasteiger partial charge in [-0.05, 0) is 35.9 Å².